The van der Waals surface area contributed by atoms with Crippen LogP contribution in [0.15, 0.2) is 18.3 Å². The molecule has 0 saturated heterocycles. The number of nitrogens with one attached hydrogen (secondary N) is 1. The van der Waals surface area contributed by atoms with Gasteiger partial charge in [0.15, 0.2) is 0 Å². The number of carboxylic acids is 1. The molecule has 5 nitrogen and oxygen atoms in total. The standard InChI is InChI=1S/C11H13N3O2S2/c1-11(9(12)17,10(18)13-2)6-3-4-7(8(15)16)14-5-6/h3-5H,1-2H3,(H2,12,17)(H,13,18)(H,15,16). The molecule has 0 aliphatic carbocycles. The lowest BCUT2D eigenvalue weighted by molar-refractivity contribution is 0.0690. The highest BCUT2D eigenvalue weighted by atomic mass is 32.1. The van der Waals surface area contributed by atoms with E-state index in [1.807, 2.05) is 0 Å². The van der Waals surface area contributed by atoms with Crippen molar-refractivity contribution < 1.29 is 9.90 Å². The summed E-state index contributed by atoms with van der Waals surface area (Å²) in [4.78, 5) is 15.2. The van der Waals surface area contributed by atoms with Gasteiger partial charge < -0.3 is 16.2 Å². The number of aromatic carboxylic acids is 1. The smallest absolute Gasteiger partial charge is 0.354 e. The number of hydrogen-bond donors (Lipinski definition) is 3. The quantitative estimate of drug-likeness (QED) is 0.707. The predicted molar refractivity (Wildman–Crippen MR) is 77.0 cm³/mol. The Morgan fingerprint density at radius 2 is 2.11 bits per heavy atom. The lowest BCUT2D eigenvalue weighted by Gasteiger charge is -2.29. The first-order valence-electron chi connectivity index (χ1n) is 5.06. The number of likely N-dealkylation sites (N-methyl/N-ethyl adjacent to an activating group) is 1. The molecule has 1 aromatic rings. The van der Waals surface area contributed by atoms with Crippen LogP contribution in [0, 0.1) is 0 Å². The molecule has 0 aromatic carbocycles. The molecule has 0 aliphatic rings. The molecule has 7 heteroatoms. The first kappa shape index (κ1) is 14.5. The SMILES string of the molecule is CNC(=S)C(C)(C(N)=S)c1ccc(C(=O)O)nc1. The summed E-state index contributed by atoms with van der Waals surface area (Å²) in [5.41, 5.74) is 5.50. The van der Waals surface area contributed by atoms with Gasteiger partial charge >= 0.3 is 5.97 Å². The van der Waals surface area contributed by atoms with Crippen molar-refractivity contribution in [2.45, 2.75) is 12.3 Å². The van der Waals surface area contributed by atoms with Gasteiger partial charge in [-0.3, -0.25) is 0 Å². The fourth-order valence-electron chi connectivity index (χ4n) is 1.45. The zero-order valence-electron chi connectivity index (χ0n) is 9.93. The van der Waals surface area contributed by atoms with Crippen LogP contribution in [0.4, 0.5) is 0 Å². The van der Waals surface area contributed by atoms with Crippen LogP contribution in [0.1, 0.15) is 23.0 Å². The summed E-state index contributed by atoms with van der Waals surface area (Å²) in [5, 5.41) is 11.6. The van der Waals surface area contributed by atoms with E-state index in [1.165, 1.54) is 12.3 Å². The first-order chi connectivity index (χ1) is 8.33. The number of thiocarbonyl (C=S) groups is 2. The molecule has 4 N–H and O–H groups in total. The lowest BCUT2D eigenvalue weighted by Crippen LogP contribution is -2.48. The van der Waals surface area contributed by atoms with Gasteiger partial charge in [0.25, 0.3) is 0 Å². The third-order valence-electron chi connectivity index (χ3n) is 2.73. The second-order valence-corrected chi connectivity index (χ2v) is 4.65. The molecule has 0 saturated carbocycles. The summed E-state index contributed by atoms with van der Waals surface area (Å²) in [6.45, 7) is 1.77. The molecule has 1 rings (SSSR count). The van der Waals surface area contributed by atoms with Crippen molar-refractivity contribution in [2.75, 3.05) is 7.05 Å². The summed E-state index contributed by atoms with van der Waals surface area (Å²) in [6.07, 6.45) is 1.42. The predicted octanol–water partition coefficient (Wildman–Crippen LogP) is 0.870. The highest BCUT2D eigenvalue weighted by molar-refractivity contribution is 7.82. The Kier molecular flexibility index (Phi) is 4.31. The van der Waals surface area contributed by atoms with Crippen LogP contribution in [-0.2, 0) is 5.41 Å². The third kappa shape index (κ3) is 2.46. The summed E-state index contributed by atoms with van der Waals surface area (Å²) in [7, 11) is 1.68. The molecule has 1 heterocycles. The largest absolute Gasteiger partial charge is 0.477 e. The minimum Gasteiger partial charge on any atom is -0.477 e. The second kappa shape index (κ2) is 5.36. The number of nitrogens with two attached hydrogens (primary N) is 1. The maximum absolute atomic E-state index is 10.7. The van der Waals surface area contributed by atoms with E-state index in [4.69, 9.17) is 35.3 Å². The van der Waals surface area contributed by atoms with E-state index >= 15 is 0 Å². The van der Waals surface area contributed by atoms with Gasteiger partial charge in [-0.25, -0.2) is 9.78 Å². The Hall–Kier alpha value is -1.60. The number of rotatable bonds is 4. The van der Waals surface area contributed by atoms with E-state index in [0.29, 0.717) is 10.6 Å². The molecule has 0 radical (unpaired) electrons. The van der Waals surface area contributed by atoms with Gasteiger partial charge in [0.2, 0.25) is 0 Å². The monoisotopic (exact) mass is 283 g/mol. The minimum absolute atomic E-state index is 0.0422. The maximum atomic E-state index is 10.7. The summed E-state index contributed by atoms with van der Waals surface area (Å²) in [5.74, 6) is -1.09. The van der Waals surface area contributed by atoms with Crippen LogP contribution in [0.5, 0.6) is 0 Å². The Morgan fingerprint density at radius 3 is 2.44 bits per heavy atom. The van der Waals surface area contributed by atoms with Crippen molar-refractivity contribution in [1.82, 2.24) is 10.3 Å². The fraction of sp³-hybridized carbons (Fsp3) is 0.273. The number of carboxylic acid groups (broad SMARTS) is 1. The molecular formula is C11H13N3O2S2. The minimum atomic E-state index is -1.09. The van der Waals surface area contributed by atoms with E-state index in [1.54, 1.807) is 20.0 Å². The van der Waals surface area contributed by atoms with E-state index in [2.05, 4.69) is 10.3 Å². The van der Waals surface area contributed by atoms with Crippen molar-refractivity contribution >= 4 is 40.4 Å². The average Bonchev–Trinajstić information content (AvgIpc) is 2.36. The number of aromatic nitrogens is 1. The van der Waals surface area contributed by atoms with Crippen LogP contribution in [-0.4, -0.2) is 33.1 Å². The molecule has 0 bridgehead atoms. The molecule has 1 aromatic heterocycles. The summed E-state index contributed by atoms with van der Waals surface area (Å²) >= 11 is 10.3. The number of pyridine rings is 1. The third-order valence-corrected chi connectivity index (χ3v) is 3.75. The van der Waals surface area contributed by atoms with Crippen molar-refractivity contribution in [3.8, 4) is 0 Å². The van der Waals surface area contributed by atoms with Crippen LogP contribution < -0.4 is 11.1 Å². The highest BCUT2D eigenvalue weighted by Crippen LogP contribution is 2.25. The normalized spacial score (nSPS) is 13.4. The molecule has 0 spiro atoms. The highest BCUT2D eigenvalue weighted by Gasteiger charge is 2.35. The molecule has 96 valence electrons. The van der Waals surface area contributed by atoms with Crippen LogP contribution >= 0.6 is 24.4 Å². The Morgan fingerprint density at radius 1 is 1.50 bits per heavy atom. The van der Waals surface area contributed by atoms with Gasteiger partial charge in [-0.2, -0.15) is 0 Å². The first-order valence-corrected chi connectivity index (χ1v) is 5.87. The number of carbonyl (C=O) groups is 1. The van der Waals surface area contributed by atoms with E-state index in [0.717, 1.165) is 0 Å². The molecule has 0 fully saturated rings. The number of hydrogen-bond acceptors (Lipinski definition) is 4. The maximum Gasteiger partial charge on any atom is 0.354 e. The summed E-state index contributed by atoms with van der Waals surface area (Å²) < 4.78 is 0. The van der Waals surface area contributed by atoms with Gasteiger partial charge in [-0.05, 0) is 18.6 Å². The number of nitrogens with zero attached hydrogens (tertiary/aromatic N) is 1. The van der Waals surface area contributed by atoms with Crippen molar-refractivity contribution in [1.29, 1.82) is 0 Å². The van der Waals surface area contributed by atoms with E-state index < -0.39 is 11.4 Å². The molecule has 1 atom stereocenters. The van der Waals surface area contributed by atoms with Gasteiger partial charge in [0.05, 0.1) is 15.4 Å². The average molecular weight is 283 g/mol. The van der Waals surface area contributed by atoms with Crippen molar-refractivity contribution in [3.05, 3.63) is 29.6 Å². The Labute approximate surface area is 115 Å². The van der Waals surface area contributed by atoms with Gasteiger partial charge in [-0.1, -0.05) is 30.5 Å². The molecule has 0 amide bonds. The van der Waals surface area contributed by atoms with Gasteiger partial charge in [0.1, 0.15) is 5.69 Å². The van der Waals surface area contributed by atoms with E-state index in [9.17, 15) is 4.79 Å². The van der Waals surface area contributed by atoms with Crippen LogP contribution in [0.2, 0.25) is 0 Å². The Balaban J connectivity index is 3.27. The van der Waals surface area contributed by atoms with Gasteiger partial charge in [0, 0.05) is 13.2 Å². The van der Waals surface area contributed by atoms with Crippen molar-refractivity contribution in [2.24, 2.45) is 5.73 Å². The van der Waals surface area contributed by atoms with Crippen LogP contribution in [0.25, 0.3) is 0 Å². The molecule has 1 unspecified atom stereocenters. The Bertz CT molecular complexity index is 502. The van der Waals surface area contributed by atoms with Gasteiger partial charge in [-0.15, -0.1) is 0 Å². The van der Waals surface area contributed by atoms with Crippen LogP contribution in [0.3, 0.4) is 0 Å². The molecular weight excluding hydrogens is 270 g/mol. The van der Waals surface area contributed by atoms with Crippen molar-refractivity contribution in [3.63, 3.8) is 0 Å². The summed E-state index contributed by atoms with van der Waals surface area (Å²) in [6, 6.07) is 3.01. The lowest BCUT2D eigenvalue weighted by atomic mass is 9.83. The zero-order chi connectivity index (χ0) is 13.9. The topological polar surface area (TPSA) is 88.2 Å². The molecule has 18 heavy (non-hydrogen) atoms. The van der Waals surface area contributed by atoms with E-state index in [-0.39, 0.29) is 10.7 Å². The zero-order valence-corrected chi connectivity index (χ0v) is 11.6. The second-order valence-electron chi connectivity index (χ2n) is 3.81. The molecule has 0 aliphatic heterocycles. The fourth-order valence-corrected chi connectivity index (χ4v) is 1.96.